The second-order valence-corrected chi connectivity index (χ2v) is 7.09. The Balaban J connectivity index is 1.77. The summed E-state index contributed by atoms with van der Waals surface area (Å²) in [5, 5.41) is 14.3. The van der Waals surface area contributed by atoms with Gasteiger partial charge in [0.2, 0.25) is 6.79 Å². The lowest BCUT2D eigenvalue weighted by Gasteiger charge is -2.41. The molecule has 0 unspecified atom stereocenters. The molecule has 0 fully saturated rings. The van der Waals surface area contributed by atoms with E-state index < -0.39 is 17.6 Å². The molecule has 2 aliphatic heterocycles. The van der Waals surface area contributed by atoms with Gasteiger partial charge in [0, 0.05) is 23.0 Å². The monoisotopic (exact) mass is 364 g/mol. The van der Waals surface area contributed by atoms with Crippen molar-refractivity contribution >= 4 is 16.9 Å². The smallest absolute Gasteiger partial charge is 0.321 e. The molecular formula is C21H20N2O4. The summed E-state index contributed by atoms with van der Waals surface area (Å²) < 4.78 is 11.0. The number of aromatic amines is 1. The maximum atomic E-state index is 11.9. The Kier molecular flexibility index (Phi) is 3.45. The van der Waals surface area contributed by atoms with Crippen LogP contribution in [0.15, 0.2) is 42.5 Å². The average Bonchev–Trinajstić information content (AvgIpc) is 3.31. The minimum absolute atomic E-state index is 0.209. The molecule has 0 amide bonds. The van der Waals surface area contributed by atoms with Crippen molar-refractivity contribution in [2.45, 2.75) is 31.3 Å². The molecule has 3 N–H and O–H groups in total. The second kappa shape index (κ2) is 5.76. The lowest BCUT2D eigenvalue weighted by Crippen LogP contribution is -2.56. The van der Waals surface area contributed by atoms with Crippen LogP contribution in [0.25, 0.3) is 10.9 Å². The summed E-state index contributed by atoms with van der Waals surface area (Å²) in [7, 11) is 0. The summed E-state index contributed by atoms with van der Waals surface area (Å²) in [6.07, 6.45) is 1.14. The topological polar surface area (TPSA) is 83.6 Å². The summed E-state index contributed by atoms with van der Waals surface area (Å²) in [5.74, 6) is 0.564. The predicted octanol–water partition coefficient (Wildman–Crippen LogP) is 3.15. The number of carboxylic acids is 1. The molecular weight excluding hydrogens is 344 g/mol. The highest BCUT2D eigenvalue weighted by molar-refractivity contribution is 5.87. The van der Waals surface area contributed by atoms with Crippen molar-refractivity contribution in [2.75, 3.05) is 6.79 Å². The van der Waals surface area contributed by atoms with E-state index in [1.54, 1.807) is 0 Å². The number of fused-ring (bicyclic) bond motifs is 4. The van der Waals surface area contributed by atoms with Crippen molar-refractivity contribution in [1.82, 2.24) is 10.3 Å². The molecule has 2 aliphatic rings. The van der Waals surface area contributed by atoms with E-state index in [-0.39, 0.29) is 6.79 Å². The molecule has 3 heterocycles. The molecule has 0 bridgehead atoms. The van der Waals surface area contributed by atoms with E-state index >= 15 is 0 Å². The molecule has 6 nitrogen and oxygen atoms in total. The van der Waals surface area contributed by atoms with Crippen molar-refractivity contribution in [3.63, 3.8) is 0 Å². The third-order valence-electron chi connectivity index (χ3n) is 5.76. The molecule has 0 saturated heterocycles. The second-order valence-electron chi connectivity index (χ2n) is 7.09. The number of ether oxygens (including phenoxy) is 2. The third-order valence-corrected chi connectivity index (χ3v) is 5.76. The summed E-state index contributed by atoms with van der Waals surface area (Å²) >= 11 is 0. The van der Waals surface area contributed by atoms with Crippen LogP contribution in [0, 0.1) is 0 Å². The number of aliphatic carboxylic acids is 1. The Labute approximate surface area is 156 Å². The summed E-state index contributed by atoms with van der Waals surface area (Å²) in [4.78, 5) is 15.5. The molecule has 0 radical (unpaired) electrons. The van der Waals surface area contributed by atoms with Crippen molar-refractivity contribution < 1.29 is 19.4 Å². The number of nitrogens with one attached hydrogen (secondary N) is 2. The zero-order valence-corrected chi connectivity index (χ0v) is 14.9. The first kappa shape index (κ1) is 16.2. The van der Waals surface area contributed by atoms with Crippen LogP contribution in [0.2, 0.25) is 0 Å². The van der Waals surface area contributed by atoms with Gasteiger partial charge in [-0.25, -0.2) is 0 Å². The van der Waals surface area contributed by atoms with Crippen molar-refractivity contribution in [3.05, 3.63) is 59.3 Å². The van der Waals surface area contributed by atoms with Gasteiger partial charge in [-0.1, -0.05) is 31.2 Å². The third kappa shape index (κ3) is 2.26. The number of carboxylic acid groups (broad SMARTS) is 1. The standard InChI is InChI=1S/C21H20N2O4/c1-2-21(12-7-8-17-18(9-12)27-11-26-17)19-14(10-16(23-21)20(24)25)13-5-3-4-6-15(13)22-19/h3-9,16,22-23H,2,10-11H2,1H3,(H,24,25)/t16-,21-/m1/s1. The van der Waals surface area contributed by atoms with Gasteiger partial charge in [-0.05, 0) is 35.7 Å². The maximum absolute atomic E-state index is 11.9. The van der Waals surface area contributed by atoms with Crippen LogP contribution >= 0.6 is 0 Å². The highest BCUT2D eigenvalue weighted by Gasteiger charge is 2.44. The number of H-pyrrole nitrogens is 1. The minimum atomic E-state index is -0.843. The maximum Gasteiger partial charge on any atom is 0.321 e. The molecule has 138 valence electrons. The normalized spacial score (nSPS) is 23.4. The fourth-order valence-electron chi connectivity index (χ4n) is 4.42. The number of benzene rings is 2. The molecule has 0 spiro atoms. The Morgan fingerprint density at radius 3 is 2.85 bits per heavy atom. The first-order valence-corrected chi connectivity index (χ1v) is 9.13. The number of para-hydroxylation sites is 1. The Bertz CT molecular complexity index is 1060. The van der Waals surface area contributed by atoms with Gasteiger partial charge >= 0.3 is 5.97 Å². The van der Waals surface area contributed by atoms with Crippen LogP contribution in [-0.2, 0) is 16.8 Å². The fourth-order valence-corrected chi connectivity index (χ4v) is 4.42. The quantitative estimate of drug-likeness (QED) is 0.665. The Morgan fingerprint density at radius 2 is 2.04 bits per heavy atom. The number of hydrogen-bond acceptors (Lipinski definition) is 4. The van der Waals surface area contributed by atoms with Gasteiger partial charge in [0.15, 0.2) is 11.5 Å². The van der Waals surface area contributed by atoms with Gasteiger partial charge in [-0.15, -0.1) is 0 Å². The first-order chi connectivity index (χ1) is 13.1. The van der Waals surface area contributed by atoms with Gasteiger partial charge in [-0.2, -0.15) is 0 Å². The highest BCUT2D eigenvalue weighted by Crippen LogP contribution is 2.44. The molecule has 27 heavy (non-hydrogen) atoms. The van der Waals surface area contributed by atoms with E-state index in [9.17, 15) is 9.90 Å². The largest absolute Gasteiger partial charge is 0.480 e. The lowest BCUT2D eigenvalue weighted by molar-refractivity contribution is -0.140. The number of hydrogen-bond donors (Lipinski definition) is 3. The van der Waals surface area contributed by atoms with Gasteiger partial charge in [0.1, 0.15) is 6.04 Å². The van der Waals surface area contributed by atoms with Crippen LogP contribution < -0.4 is 14.8 Å². The molecule has 3 aromatic rings. The van der Waals surface area contributed by atoms with Crippen LogP contribution in [0.3, 0.4) is 0 Å². The Morgan fingerprint density at radius 1 is 1.22 bits per heavy atom. The lowest BCUT2D eigenvalue weighted by atomic mass is 9.77. The summed E-state index contributed by atoms with van der Waals surface area (Å²) in [5.41, 5.74) is 3.44. The molecule has 1 aromatic heterocycles. The van der Waals surface area contributed by atoms with Crippen LogP contribution in [0.1, 0.15) is 30.2 Å². The van der Waals surface area contributed by atoms with E-state index in [0.29, 0.717) is 24.3 Å². The molecule has 2 aromatic carbocycles. The van der Waals surface area contributed by atoms with Crippen molar-refractivity contribution in [2.24, 2.45) is 0 Å². The summed E-state index contributed by atoms with van der Waals surface area (Å²) in [6, 6.07) is 13.2. The van der Waals surface area contributed by atoms with Crippen molar-refractivity contribution in [3.8, 4) is 11.5 Å². The van der Waals surface area contributed by atoms with E-state index in [1.807, 2.05) is 36.4 Å². The van der Waals surface area contributed by atoms with E-state index in [1.165, 1.54) is 0 Å². The number of rotatable bonds is 3. The fraction of sp³-hybridized carbons (Fsp3) is 0.286. The van der Waals surface area contributed by atoms with Crippen LogP contribution in [0.5, 0.6) is 11.5 Å². The zero-order valence-electron chi connectivity index (χ0n) is 14.9. The van der Waals surface area contributed by atoms with Gasteiger partial charge < -0.3 is 19.6 Å². The number of carbonyl (C=O) groups is 1. The molecule has 6 heteroatoms. The average molecular weight is 364 g/mol. The first-order valence-electron chi connectivity index (χ1n) is 9.13. The van der Waals surface area contributed by atoms with Gasteiger partial charge in [-0.3, -0.25) is 10.1 Å². The predicted molar refractivity (Wildman–Crippen MR) is 100 cm³/mol. The van der Waals surface area contributed by atoms with Crippen LogP contribution in [0.4, 0.5) is 0 Å². The molecule has 2 atom stereocenters. The summed E-state index contributed by atoms with van der Waals surface area (Å²) in [6.45, 7) is 2.28. The molecule has 5 rings (SSSR count). The highest BCUT2D eigenvalue weighted by atomic mass is 16.7. The SMILES string of the molecule is CC[C@]1(c2ccc3c(c2)OCO3)N[C@@H](C(=O)O)Cc2c1[nH]c1ccccc21. The molecule has 0 aliphatic carbocycles. The van der Waals surface area contributed by atoms with Gasteiger partial charge in [0.05, 0.1) is 5.54 Å². The van der Waals surface area contributed by atoms with Crippen molar-refractivity contribution in [1.29, 1.82) is 0 Å². The van der Waals surface area contributed by atoms with Gasteiger partial charge in [0.25, 0.3) is 0 Å². The van der Waals surface area contributed by atoms with E-state index in [2.05, 4.69) is 23.3 Å². The minimum Gasteiger partial charge on any atom is -0.480 e. The Hall–Kier alpha value is -2.99. The zero-order chi connectivity index (χ0) is 18.6. The molecule has 0 saturated carbocycles. The van der Waals surface area contributed by atoms with E-state index in [4.69, 9.17) is 9.47 Å². The number of aromatic nitrogens is 1. The van der Waals surface area contributed by atoms with Crippen LogP contribution in [-0.4, -0.2) is 28.9 Å². The van der Waals surface area contributed by atoms with E-state index in [0.717, 1.165) is 27.7 Å².